The summed E-state index contributed by atoms with van der Waals surface area (Å²) in [6.07, 6.45) is 4.51. The highest BCUT2D eigenvalue weighted by Gasteiger charge is 2.14. The Kier molecular flexibility index (Phi) is 3.66. The number of rotatable bonds is 3. The first kappa shape index (κ1) is 14.9. The van der Waals surface area contributed by atoms with Gasteiger partial charge >= 0.3 is 0 Å². The molecule has 4 rings (SSSR count). The zero-order valence-electron chi connectivity index (χ0n) is 12.9. The molecule has 0 atom stereocenters. The van der Waals surface area contributed by atoms with Gasteiger partial charge in [-0.3, -0.25) is 9.78 Å². The zero-order chi connectivity index (χ0) is 17.2. The molecule has 3 heterocycles. The molecule has 0 aliphatic rings. The van der Waals surface area contributed by atoms with Crippen LogP contribution in [0.15, 0.2) is 71.9 Å². The van der Waals surface area contributed by atoms with Crippen LogP contribution in [-0.2, 0) is 0 Å². The van der Waals surface area contributed by atoms with Crippen molar-refractivity contribution in [3.05, 3.63) is 83.4 Å². The van der Waals surface area contributed by atoms with Crippen LogP contribution in [0.4, 0.5) is 16.0 Å². The Morgan fingerprint density at radius 3 is 2.64 bits per heavy atom. The molecule has 7 heteroatoms. The largest absolute Gasteiger partial charge is 0.324 e. The van der Waals surface area contributed by atoms with Crippen molar-refractivity contribution in [2.24, 2.45) is 0 Å². The van der Waals surface area contributed by atoms with Gasteiger partial charge in [0.15, 0.2) is 0 Å². The lowest BCUT2D eigenvalue weighted by Gasteiger charge is -2.14. The molecule has 0 unspecified atom stereocenters. The minimum absolute atomic E-state index is 0.160. The quantitative estimate of drug-likeness (QED) is 0.583. The van der Waals surface area contributed by atoms with Crippen molar-refractivity contribution in [1.82, 2.24) is 19.5 Å². The van der Waals surface area contributed by atoms with E-state index in [1.807, 2.05) is 24.3 Å². The summed E-state index contributed by atoms with van der Waals surface area (Å²) >= 11 is 0. The lowest BCUT2D eigenvalue weighted by molar-refractivity contribution is 0.586. The van der Waals surface area contributed by atoms with E-state index in [1.54, 1.807) is 30.6 Å². The van der Waals surface area contributed by atoms with Gasteiger partial charge in [0.25, 0.3) is 5.56 Å². The lowest BCUT2D eigenvalue weighted by atomic mass is 10.2. The van der Waals surface area contributed by atoms with Gasteiger partial charge in [-0.15, -0.1) is 0 Å². The molecule has 0 spiro atoms. The van der Waals surface area contributed by atoms with Crippen LogP contribution in [0.1, 0.15) is 0 Å². The molecule has 1 aromatic carbocycles. The third-order valence-electron chi connectivity index (χ3n) is 3.65. The van der Waals surface area contributed by atoms with E-state index in [1.165, 1.54) is 10.8 Å². The van der Waals surface area contributed by atoms with E-state index in [-0.39, 0.29) is 10.9 Å². The Morgan fingerprint density at radius 2 is 1.88 bits per heavy atom. The van der Waals surface area contributed by atoms with Crippen molar-refractivity contribution in [3.63, 3.8) is 0 Å². The number of nitrogens with zero attached hydrogens (tertiary/aromatic N) is 4. The van der Waals surface area contributed by atoms with Crippen LogP contribution in [0.5, 0.6) is 0 Å². The molecule has 0 bridgehead atoms. The molecule has 1 N–H and O–H groups in total. The van der Waals surface area contributed by atoms with Gasteiger partial charge in [-0.05, 0) is 24.3 Å². The summed E-state index contributed by atoms with van der Waals surface area (Å²) in [6, 6.07) is 13.7. The average molecular weight is 333 g/mol. The molecule has 0 saturated carbocycles. The number of para-hydroxylation sites is 1. The van der Waals surface area contributed by atoms with Gasteiger partial charge in [0.1, 0.15) is 0 Å². The Morgan fingerprint density at radius 1 is 1.04 bits per heavy atom. The molecule has 25 heavy (non-hydrogen) atoms. The van der Waals surface area contributed by atoms with E-state index in [4.69, 9.17) is 0 Å². The van der Waals surface area contributed by atoms with Gasteiger partial charge in [-0.2, -0.15) is 4.39 Å². The Hall–Kier alpha value is -3.61. The Bertz CT molecular complexity index is 1100. The fraction of sp³-hybridized carbons (Fsp3) is 0. The number of benzene rings is 1. The molecule has 3 aromatic heterocycles. The number of halogens is 1. The number of anilines is 2. The van der Waals surface area contributed by atoms with Crippen LogP contribution >= 0.6 is 0 Å². The van der Waals surface area contributed by atoms with Gasteiger partial charge in [-0.1, -0.05) is 18.2 Å². The molecular weight excluding hydrogens is 321 g/mol. The molecule has 6 nitrogen and oxygen atoms in total. The summed E-state index contributed by atoms with van der Waals surface area (Å²) in [5.41, 5.74) is 1.22. The highest BCUT2D eigenvalue weighted by molar-refractivity contribution is 5.79. The monoisotopic (exact) mass is 333 g/mol. The van der Waals surface area contributed by atoms with Crippen molar-refractivity contribution in [3.8, 4) is 5.69 Å². The van der Waals surface area contributed by atoms with E-state index in [0.717, 1.165) is 6.07 Å². The van der Waals surface area contributed by atoms with Gasteiger partial charge < -0.3 is 5.32 Å². The van der Waals surface area contributed by atoms with Gasteiger partial charge in [0.2, 0.25) is 11.9 Å². The number of fused-ring (bicyclic) bond motifs is 1. The SMILES string of the molecule is O=c1c2cc(F)ncc2nc(Nc2cccnc2)n1-c1ccccc1. The summed E-state index contributed by atoms with van der Waals surface area (Å²) < 4.78 is 14.9. The van der Waals surface area contributed by atoms with Crippen molar-refractivity contribution in [2.45, 2.75) is 0 Å². The van der Waals surface area contributed by atoms with Crippen molar-refractivity contribution in [2.75, 3.05) is 5.32 Å². The van der Waals surface area contributed by atoms with Crippen LogP contribution in [0.2, 0.25) is 0 Å². The molecule has 0 radical (unpaired) electrons. The normalized spacial score (nSPS) is 10.8. The number of hydrogen-bond donors (Lipinski definition) is 1. The van der Waals surface area contributed by atoms with Crippen LogP contribution in [0.25, 0.3) is 16.6 Å². The van der Waals surface area contributed by atoms with E-state index in [9.17, 15) is 9.18 Å². The summed E-state index contributed by atoms with van der Waals surface area (Å²) in [6.45, 7) is 0. The molecule has 0 aliphatic carbocycles. The smallest absolute Gasteiger partial charge is 0.267 e. The predicted molar refractivity (Wildman–Crippen MR) is 92.6 cm³/mol. The maximum atomic E-state index is 13.5. The lowest BCUT2D eigenvalue weighted by Crippen LogP contribution is -2.23. The van der Waals surface area contributed by atoms with Gasteiger partial charge in [0, 0.05) is 12.3 Å². The number of pyridine rings is 2. The first-order chi connectivity index (χ1) is 12.2. The summed E-state index contributed by atoms with van der Waals surface area (Å²) in [5, 5.41) is 3.25. The maximum absolute atomic E-state index is 13.5. The Balaban J connectivity index is 1.99. The fourth-order valence-electron chi connectivity index (χ4n) is 2.53. The van der Waals surface area contributed by atoms with E-state index in [0.29, 0.717) is 22.8 Å². The summed E-state index contributed by atoms with van der Waals surface area (Å²) in [7, 11) is 0. The highest BCUT2D eigenvalue weighted by Crippen LogP contribution is 2.19. The van der Waals surface area contributed by atoms with Crippen LogP contribution in [-0.4, -0.2) is 19.5 Å². The molecule has 122 valence electrons. The predicted octanol–water partition coefficient (Wildman–Crippen LogP) is 3.06. The minimum atomic E-state index is -0.723. The Labute approximate surface area is 141 Å². The van der Waals surface area contributed by atoms with E-state index < -0.39 is 5.95 Å². The zero-order valence-corrected chi connectivity index (χ0v) is 12.9. The van der Waals surface area contributed by atoms with E-state index in [2.05, 4.69) is 20.3 Å². The highest BCUT2D eigenvalue weighted by atomic mass is 19.1. The maximum Gasteiger partial charge on any atom is 0.267 e. The van der Waals surface area contributed by atoms with Crippen molar-refractivity contribution < 1.29 is 4.39 Å². The second-order valence-corrected chi connectivity index (χ2v) is 5.30. The average Bonchev–Trinajstić information content (AvgIpc) is 2.64. The van der Waals surface area contributed by atoms with Gasteiger partial charge in [0.05, 0.1) is 34.7 Å². The third kappa shape index (κ3) is 2.83. The van der Waals surface area contributed by atoms with Crippen molar-refractivity contribution >= 4 is 22.5 Å². The van der Waals surface area contributed by atoms with Crippen LogP contribution in [0.3, 0.4) is 0 Å². The fourth-order valence-corrected chi connectivity index (χ4v) is 2.53. The molecule has 0 aliphatic heterocycles. The molecule has 0 saturated heterocycles. The summed E-state index contributed by atoms with van der Waals surface area (Å²) in [5.74, 6) is -0.427. The van der Waals surface area contributed by atoms with Crippen LogP contribution in [0, 0.1) is 5.95 Å². The topological polar surface area (TPSA) is 72.7 Å². The molecule has 0 fully saturated rings. The minimum Gasteiger partial charge on any atom is -0.324 e. The first-order valence-electron chi connectivity index (χ1n) is 7.53. The molecule has 0 amide bonds. The standard InChI is InChI=1S/C18H12FN5O/c19-16-9-14-15(11-21-16)23-18(22-12-5-4-8-20-10-12)24(17(14)25)13-6-2-1-3-7-13/h1-11H,(H,22,23). The third-order valence-corrected chi connectivity index (χ3v) is 3.65. The molecular formula is C18H12FN5O. The number of aromatic nitrogens is 4. The van der Waals surface area contributed by atoms with Gasteiger partial charge in [-0.25, -0.2) is 14.5 Å². The summed E-state index contributed by atoms with van der Waals surface area (Å²) in [4.78, 5) is 25.0. The van der Waals surface area contributed by atoms with Crippen molar-refractivity contribution in [1.29, 1.82) is 0 Å². The second-order valence-electron chi connectivity index (χ2n) is 5.30. The van der Waals surface area contributed by atoms with Crippen LogP contribution < -0.4 is 10.9 Å². The number of nitrogens with one attached hydrogen (secondary N) is 1. The molecule has 4 aromatic rings. The van der Waals surface area contributed by atoms with E-state index >= 15 is 0 Å². The number of hydrogen-bond acceptors (Lipinski definition) is 5. The second kappa shape index (κ2) is 6.12. The first-order valence-corrected chi connectivity index (χ1v) is 7.53.